The van der Waals surface area contributed by atoms with Gasteiger partial charge in [0, 0.05) is 95.2 Å². The van der Waals surface area contributed by atoms with Crippen molar-refractivity contribution in [3.05, 3.63) is 227 Å². The summed E-state index contributed by atoms with van der Waals surface area (Å²) in [4.78, 5) is 28.8. The maximum Gasteiger partial charge on any atom is 0.218 e. The molecule has 8 aromatic heterocycles. The van der Waals surface area contributed by atoms with E-state index in [1.165, 1.54) is 157 Å². The quantitative estimate of drug-likeness (QED) is 0.0690. The number of thiophene rings is 1. The molecule has 5 aliphatic rings. The molecule has 1 saturated carbocycles. The lowest BCUT2D eigenvalue weighted by Crippen LogP contribution is -2.37. The molecule has 3 unspecified atom stereocenters. The van der Waals surface area contributed by atoms with Crippen molar-refractivity contribution in [3.8, 4) is 0 Å². The first-order valence-corrected chi connectivity index (χ1v) is 47.4. The van der Waals surface area contributed by atoms with Gasteiger partial charge in [0.05, 0.1) is 6.20 Å². The lowest BCUT2D eigenvalue weighted by molar-refractivity contribution is 0.292. The number of nitrogens with zero attached hydrogens (tertiary/aromatic N) is 8. The molecule has 0 bridgehead atoms. The largest absolute Gasteiger partial charge is 0.448 e. The van der Waals surface area contributed by atoms with Crippen molar-refractivity contribution >= 4 is 11.3 Å². The molecule has 12 heterocycles. The molecule has 0 amide bonds. The highest BCUT2D eigenvalue weighted by molar-refractivity contribution is 7.10. The zero-order chi connectivity index (χ0) is 89.4. The average Bonchev–Trinajstić information content (AvgIpc) is 1.81. The van der Waals surface area contributed by atoms with Crippen molar-refractivity contribution in [3.63, 3.8) is 0 Å². The molecule has 1 aliphatic carbocycles. The predicted molar refractivity (Wildman–Crippen MR) is 518 cm³/mol. The van der Waals surface area contributed by atoms with E-state index in [1.807, 2.05) is 123 Å². The third-order valence-electron chi connectivity index (χ3n) is 21.8. The molecule has 14 rings (SSSR count). The van der Waals surface area contributed by atoms with Crippen LogP contribution in [0.4, 0.5) is 0 Å². The van der Waals surface area contributed by atoms with Crippen LogP contribution in [0, 0.1) is 47.3 Å². The molecule has 1 aromatic carbocycles. The molecule has 4 saturated heterocycles. The van der Waals surface area contributed by atoms with Gasteiger partial charge in [-0.3, -0.25) is 15.0 Å². The number of oxazole rings is 1. The third kappa shape index (κ3) is 55.8. The van der Waals surface area contributed by atoms with Gasteiger partial charge in [-0.25, -0.2) is 15.0 Å². The molecule has 120 heavy (non-hydrogen) atoms. The number of H-pyrrole nitrogens is 1. The number of piperidine rings is 3. The normalized spacial score (nSPS) is 16.1. The number of aromatic nitrogens is 9. The van der Waals surface area contributed by atoms with Crippen LogP contribution in [0.1, 0.15) is 381 Å². The molecule has 0 radical (unpaired) electrons. The Morgan fingerprint density at radius 2 is 0.850 bits per heavy atom. The van der Waals surface area contributed by atoms with Crippen molar-refractivity contribution in [2.75, 3.05) is 39.3 Å². The number of hydrogen-bond donors (Lipinski definition) is 5. The van der Waals surface area contributed by atoms with Crippen LogP contribution in [-0.2, 0) is 0 Å². The standard InChI is InChI=1S/C9H12.C8H17N.C8H11N.2C8H17N.2C8H11N.C8H16.C7H10N2.C7H15N.C7H11N.C7H10S.C6H9NO.C5H8N2O/c1-8(2)9-6-4-3-5-7-9;2*1-7(2)8-3-5-9-6-4-8;1-7(2)8-4-3-5-9-6-8;3*1-7(2)8-5-3-4-6-9-8;1-7(2)8-5-3-4-6-8;1-6(2)7-8-4-3-5-9-7;3*1-6(2)7-4-3-5-8-7;1-5(2)6-3-7-4-8-6;1-4(2)5-7-6-3-8-5/h3-8H,1-2H3;7-9H,3-6H2,1-2H3;3-7H,1-2H3;2*7-9H,3-6H2,1-2H3;2*3-7H,1-2H3;7-8H,3-6H2,1-2H3;3-6H,1-2H3;6-8H,3-5H2,1-2H3;3-6,8H,1-2H3;3-6H,1-2H3;3-5H,1-2H3;3-4H,1-2H3. The van der Waals surface area contributed by atoms with Crippen LogP contribution in [-0.4, -0.2) is 96.4 Å². The molecular weight excluding hydrogens is 1500 g/mol. The minimum Gasteiger partial charge on any atom is -0.448 e. The Morgan fingerprint density at radius 1 is 0.350 bits per heavy atom. The summed E-state index contributed by atoms with van der Waals surface area (Å²) in [6, 6.07) is 38.5. The first-order valence-electron chi connectivity index (χ1n) is 46.5. The van der Waals surface area contributed by atoms with Gasteiger partial charge in [-0.15, -0.1) is 21.5 Å². The zero-order valence-electron chi connectivity index (χ0n) is 81.0. The fourth-order valence-electron chi connectivity index (χ4n) is 13.2. The molecule has 3 atom stereocenters. The number of aromatic amines is 1. The number of pyridine rings is 3. The second-order valence-electron chi connectivity index (χ2n) is 36.7. The Bertz CT molecular complexity index is 3060. The molecule has 15 nitrogen and oxygen atoms in total. The van der Waals surface area contributed by atoms with Gasteiger partial charge in [0.25, 0.3) is 0 Å². The van der Waals surface area contributed by atoms with Crippen LogP contribution < -0.4 is 21.3 Å². The highest BCUT2D eigenvalue weighted by Crippen LogP contribution is 2.31. The smallest absolute Gasteiger partial charge is 0.218 e. The lowest BCUT2D eigenvalue weighted by atomic mass is 9.87. The lowest BCUT2D eigenvalue weighted by Gasteiger charge is -2.26. The summed E-state index contributed by atoms with van der Waals surface area (Å²) >= 11 is 1.83. The van der Waals surface area contributed by atoms with Gasteiger partial charge in [-0.05, 0) is 251 Å². The van der Waals surface area contributed by atoms with Crippen molar-refractivity contribution in [2.24, 2.45) is 47.3 Å². The monoisotopic (exact) mass is 1670 g/mol. The summed E-state index contributed by atoms with van der Waals surface area (Å²) < 4.78 is 9.86. The topological polar surface area (TPSA) is 193 Å². The molecule has 5 fully saturated rings. The fourth-order valence-corrected chi connectivity index (χ4v) is 14.0. The van der Waals surface area contributed by atoms with Gasteiger partial charge in [0.2, 0.25) is 12.3 Å². The maximum atomic E-state index is 4.98. The summed E-state index contributed by atoms with van der Waals surface area (Å²) in [5.41, 5.74) is 6.41. The van der Waals surface area contributed by atoms with Gasteiger partial charge in [0.15, 0.2) is 6.39 Å². The van der Waals surface area contributed by atoms with E-state index in [0.29, 0.717) is 59.2 Å². The summed E-state index contributed by atoms with van der Waals surface area (Å²) in [7, 11) is 0. The van der Waals surface area contributed by atoms with Crippen molar-refractivity contribution in [2.45, 2.75) is 343 Å². The Morgan fingerprint density at radius 3 is 1.12 bits per heavy atom. The van der Waals surface area contributed by atoms with E-state index in [0.717, 1.165) is 82.4 Å². The molecule has 9 aromatic rings. The van der Waals surface area contributed by atoms with E-state index in [-0.39, 0.29) is 0 Å². The van der Waals surface area contributed by atoms with Crippen LogP contribution in [0.5, 0.6) is 0 Å². The number of rotatable bonds is 14. The van der Waals surface area contributed by atoms with Gasteiger partial charge >= 0.3 is 0 Å². The summed E-state index contributed by atoms with van der Waals surface area (Å²) in [5, 5.41) is 23.1. The molecular formula is C104H175N13O2S. The van der Waals surface area contributed by atoms with Crippen LogP contribution >= 0.6 is 11.3 Å². The Hall–Kier alpha value is -7.08. The number of hydrogen-bond acceptors (Lipinski definition) is 15. The van der Waals surface area contributed by atoms with Crippen molar-refractivity contribution in [1.82, 2.24) is 66.4 Å². The van der Waals surface area contributed by atoms with Gasteiger partial charge in [-0.1, -0.05) is 274 Å². The second kappa shape index (κ2) is 69.3. The zero-order valence-corrected chi connectivity index (χ0v) is 81.8. The van der Waals surface area contributed by atoms with Crippen LogP contribution in [0.2, 0.25) is 0 Å². The Kier molecular flexibility index (Phi) is 64.1. The van der Waals surface area contributed by atoms with Gasteiger partial charge in [-0.2, -0.15) is 0 Å². The predicted octanol–water partition coefficient (Wildman–Crippen LogP) is 28.3. The maximum absolute atomic E-state index is 4.98. The summed E-state index contributed by atoms with van der Waals surface area (Å²) in [5.74, 6) is 14.9. The van der Waals surface area contributed by atoms with Crippen molar-refractivity contribution < 1.29 is 8.83 Å². The first-order chi connectivity index (χ1) is 57.3. The summed E-state index contributed by atoms with van der Waals surface area (Å²) in [6.45, 7) is 69.0. The van der Waals surface area contributed by atoms with Crippen LogP contribution in [0.3, 0.4) is 0 Å². The van der Waals surface area contributed by atoms with E-state index < -0.39 is 0 Å². The van der Waals surface area contributed by atoms with Crippen molar-refractivity contribution in [1.29, 1.82) is 0 Å². The summed E-state index contributed by atoms with van der Waals surface area (Å²) in [6.07, 6.45) is 35.9. The highest BCUT2D eigenvalue weighted by Gasteiger charge is 2.20. The second-order valence-corrected chi connectivity index (χ2v) is 37.7. The number of nitrogens with one attached hydrogen (secondary N) is 5. The van der Waals surface area contributed by atoms with E-state index >= 15 is 0 Å². The van der Waals surface area contributed by atoms with Crippen LogP contribution in [0.15, 0.2) is 186 Å². The van der Waals surface area contributed by atoms with Gasteiger partial charge in [0.1, 0.15) is 11.6 Å². The van der Waals surface area contributed by atoms with E-state index in [4.69, 9.17) is 8.83 Å². The Balaban J connectivity index is 0.000000646. The SMILES string of the molecule is CC(C)C1CCCC1.CC(C)C1CCCCN1.CC(C)C1CCCN1.CC(C)C1CCCNC1.CC(C)C1CCNCC1.CC(C)c1ccc[nH]1.CC(C)c1ccccc1.CC(C)c1ccccn1.CC(C)c1ccccn1.CC(C)c1cccs1.CC(C)c1ccncc1.CC(C)c1cnco1.CC(C)c1ncccn1.CC(C)c1nnco1. The van der Waals surface area contributed by atoms with E-state index in [9.17, 15) is 0 Å². The minimum absolute atomic E-state index is 0.345. The number of benzene rings is 1. The molecule has 0 spiro atoms. The van der Waals surface area contributed by atoms with Gasteiger partial charge < -0.3 is 35.1 Å². The average molecular weight is 1670 g/mol. The molecule has 4 aliphatic heterocycles. The molecule has 5 N–H and O–H groups in total. The molecule has 16 heteroatoms. The van der Waals surface area contributed by atoms with E-state index in [2.05, 4.69) is 294 Å². The first kappa shape index (κ1) is 111. The fraction of sp³-hybridized carbons (Fsp3) is 0.635. The molecule has 674 valence electrons. The van der Waals surface area contributed by atoms with E-state index in [1.54, 1.807) is 18.6 Å². The Labute approximate surface area is 738 Å². The van der Waals surface area contributed by atoms with Crippen LogP contribution in [0.25, 0.3) is 0 Å². The highest BCUT2D eigenvalue weighted by atomic mass is 32.1. The minimum atomic E-state index is 0.345. The third-order valence-corrected chi connectivity index (χ3v) is 22.9.